The molecule has 1 unspecified atom stereocenters. The number of carbonyl (C=O) groups excluding carboxylic acids is 1. The number of aliphatic carboxylic acids is 1. The van der Waals surface area contributed by atoms with E-state index in [1.807, 2.05) is 92.0 Å². The zero-order valence-electron chi connectivity index (χ0n) is 26.6. The monoisotopic (exact) mass is 639 g/mol. The lowest BCUT2D eigenvalue weighted by Gasteiger charge is -2.15. The molecule has 10 nitrogen and oxygen atoms in total. The number of nitrogens with one attached hydrogen (secondary N) is 2. The van der Waals surface area contributed by atoms with E-state index in [1.54, 1.807) is 0 Å². The van der Waals surface area contributed by atoms with Crippen LogP contribution in [0.25, 0.3) is 22.4 Å². The molecule has 47 heavy (non-hydrogen) atoms. The Labute approximate surface area is 275 Å². The number of hydrogen-bond acceptors (Lipinski definition) is 8. The minimum atomic E-state index is -1.07. The summed E-state index contributed by atoms with van der Waals surface area (Å²) in [4.78, 5) is 29.2. The summed E-state index contributed by atoms with van der Waals surface area (Å²) in [6, 6.07) is 26.0. The number of benzene rings is 3. The van der Waals surface area contributed by atoms with E-state index < -0.39 is 12.0 Å². The molecule has 10 heteroatoms. The summed E-state index contributed by atoms with van der Waals surface area (Å²) in [7, 11) is 1.90. The predicted molar refractivity (Wildman–Crippen MR) is 179 cm³/mol. The SMILES string of the molecule is CNCCCOc1ccc(CC(NC(=O)CCCCCOc2cc(-c3ccc4c(c3)OCO4)cc(-c3ccccc3)n2)C(=O)O)cc1. The molecule has 2 heterocycles. The molecule has 1 aromatic heterocycles. The number of ether oxygens (including phenoxy) is 4. The Balaban J connectivity index is 1.08. The highest BCUT2D eigenvalue weighted by Crippen LogP contribution is 2.37. The van der Waals surface area contributed by atoms with Crippen molar-refractivity contribution >= 4 is 11.9 Å². The van der Waals surface area contributed by atoms with Crippen LogP contribution in [-0.4, -0.2) is 61.6 Å². The smallest absolute Gasteiger partial charge is 0.326 e. The largest absolute Gasteiger partial charge is 0.494 e. The van der Waals surface area contributed by atoms with Crippen molar-refractivity contribution in [1.29, 1.82) is 0 Å². The number of unbranched alkanes of at least 4 members (excludes halogenated alkanes) is 2. The Morgan fingerprint density at radius 2 is 1.62 bits per heavy atom. The lowest BCUT2D eigenvalue weighted by molar-refractivity contribution is -0.141. The van der Waals surface area contributed by atoms with Gasteiger partial charge in [0.15, 0.2) is 11.5 Å². The number of carbonyl (C=O) groups is 2. The minimum Gasteiger partial charge on any atom is -0.494 e. The molecular formula is C37H41N3O7. The Hall–Kier alpha value is -5.09. The first-order chi connectivity index (χ1) is 23.0. The second kappa shape index (κ2) is 17.0. The number of aromatic nitrogens is 1. The number of carboxylic acids is 1. The molecule has 5 rings (SSSR count). The van der Waals surface area contributed by atoms with Gasteiger partial charge in [-0.1, -0.05) is 48.5 Å². The molecule has 0 fully saturated rings. The first-order valence-electron chi connectivity index (χ1n) is 16.0. The van der Waals surface area contributed by atoms with Crippen LogP contribution >= 0.6 is 0 Å². The third-order valence-corrected chi connectivity index (χ3v) is 7.71. The summed E-state index contributed by atoms with van der Waals surface area (Å²) < 4.78 is 22.8. The summed E-state index contributed by atoms with van der Waals surface area (Å²) in [5.41, 5.74) is 4.49. The summed E-state index contributed by atoms with van der Waals surface area (Å²) in [5, 5.41) is 15.4. The van der Waals surface area contributed by atoms with Crippen molar-refractivity contribution in [3.63, 3.8) is 0 Å². The van der Waals surface area contributed by atoms with Crippen molar-refractivity contribution in [2.24, 2.45) is 0 Å². The number of fused-ring (bicyclic) bond motifs is 1. The van der Waals surface area contributed by atoms with E-state index in [2.05, 4.69) is 10.6 Å². The van der Waals surface area contributed by atoms with Crippen molar-refractivity contribution in [3.8, 4) is 45.5 Å². The van der Waals surface area contributed by atoms with Gasteiger partial charge in [0.2, 0.25) is 18.6 Å². The van der Waals surface area contributed by atoms with Crippen LogP contribution in [0.4, 0.5) is 0 Å². The van der Waals surface area contributed by atoms with Crippen LogP contribution < -0.4 is 29.6 Å². The summed E-state index contributed by atoms with van der Waals surface area (Å²) >= 11 is 0. The first-order valence-corrected chi connectivity index (χ1v) is 16.0. The Bertz CT molecular complexity index is 1610. The van der Waals surface area contributed by atoms with Gasteiger partial charge < -0.3 is 34.7 Å². The standard InChI is InChI=1S/C37H41N3O7/c1-38-18-8-20-44-30-15-12-26(13-16-30)21-32(37(42)43)39-35(41)11-6-3-7-19-45-36-24-29(22-31(40-36)27-9-4-2-5-10-27)28-14-17-33-34(23-28)47-25-46-33/h2,4-5,9-10,12-17,22-24,32,38H,3,6-8,11,18-21,25H2,1H3,(H,39,41)(H,42,43). The minimum absolute atomic E-state index is 0.193. The molecule has 1 amide bonds. The fourth-order valence-corrected chi connectivity index (χ4v) is 5.18. The van der Waals surface area contributed by atoms with Gasteiger partial charge >= 0.3 is 5.97 Å². The summed E-state index contributed by atoms with van der Waals surface area (Å²) in [6.45, 7) is 2.11. The fraction of sp³-hybridized carbons (Fsp3) is 0.324. The molecule has 3 N–H and O–H groups in total. The average molecular weight is 640 g/mol. The maximum atomic E-state index is 12.6. The second-order valence-electron chi connectivity index (χ2n) is 11.3. The Kier molecular flexibility index (Phi) is 12.0. The van der Waals surface area contributed by atoms with Crippen molar-refractivity contribution in [2.75, 3.05) is 33.6 Å². The lowest BCUT2D eigenvalue weighted by atomic mass is 10.0. The van der Waals surface area contributed by atoms with E-state index in [-0.39, 0.29) is 25.5 Å². The van der Waals surface area contributed by atoms with E-state index in [9.17, 15) is 14.7 Å². The third kappa shape index (κ3) is 9.95. The molecule has 3 aromatic carbocycles. The first kappa shape index (κ1) is 33.3. The van der Waals surface area contributed by atoms with Gasteiger partial charge in [-0.15, -0.1) is 0 Å². The van der Waals surface area contributed by atoms with Crippen LogP contribution in [0.3, 0.4) is 0 Å². The molecule has 0 aliphatic carbocycles. The van der Waals surface area contributed by atoms with E-state index >= 15 is 0 Å². The van der Waals surface area contributed by atoms with Crippen molar-refractivity contribution < 1.29 is 33.6 Å². The molecule has 1 aliphatic rings. The molecule has 1 atom stereocenters. The number of nitrogens with zero attached hydrogens (tertiary/aromatic N) is 1. The van der Waals surface area contributed by atoms with Crippen LogP contribution in [0, 0.1) is 0 Å². The van der Waals surface area contributed by atoms with Crippen molar-refractivity contribution in [1.82, 2.24) is 15.6 Å². The van der Waals surface area contributed by atoms with E-state index in [0.717, 1.165) is 65.3 Å². The third-order valence-electron chi connectivity index (χ3n) is 7.71. The van der Waals surface area contributed by atoms with Crippen LogP contribution in [-0.2, 0) is 16.0 Å². The van der Waals surface area contributed by atoms with Gasteiger partial charge in [0.1, 0.15) is 11.8 Å². The van der Waals surface area contributed by atoms with Gasteiger partial charge in [-0.05, 0) is 86.3 Å². The van der Waals surface area contributed by atoms with Crippen LogP contribution in [0.1, 0.15) is 37.7 Å². The normalized spacial score (nSPS) is 12.4. The number of amides is 1. The molecule has 0 radical (unpaired) electrons. The number of pyridine rings is 1. The number of rotatable bonds is 18. The lowest BCUT2D eigenvalue weighted by Crippen LogP contribution is -2.42. The zero-order valence-corrected chi connectivity index (χ0v) is 26.6. The second-order valence-corrected chi connectivity index (χ2v) is 11.3. The Morgan fingerprint density at radius 1 is 0.830 bits per heavy atom. The summed E-state index contributed by atoms with van der Waals surface area (Å²) in [6.07, 6.45) is 3.39. The van der Waals surface area contributed by atoms with Crippen LogP contribution in [0.5, 0.6) is 23.1 Å². The quantitative estimate of drug-likeness (QED) is 0.114. The van der Waals surface area contributed by atoms with E-state index in [0.29, 0.717) is 31.3 Å². The van der Waals surface area contributed by atoms with Gasteiger partial charge in [0.25, 0.3) is 0 Å². The maximum absolute atomic E-state index is 12.6. The molecular weight excluding hydrogens is 598 g/mol. The highest BCUT2D eigenvalue weighted by atomic mass is 16.7. The van der Waals surface area contributed by atoms with E-state index in [4.69, 9.17) is 23.9 Å². The average Bonchev–Trinajstić information content (AvgIpc) is 3.57. The van der Waals surface area contributed by atoms with Gasteiger partial charge in [-0.25, -0.2) is 9.78 Å². The fourth-order valence-electron chi connectivity index (χ4n) is 5.18. The highest BCUT2D eigenvalue weighted by molar-refractivity contribution is 5.83. The molecule has 0 bridgehead atoms. The predicted octanol–water partition coefficient (Wildman–Crippen LogP) is 5.88. The van der Waals surface area contributed by atoms with Crippen LogP contribution in [0.15, 0.2) is 84.9 Å². The molecule has 0 saturated heterocycles. The topological polar surface area (TPSA) is 128 Å². The van der Waals surface area contributed by atoms with Crippen molar-refractivity contribution in [2.45, 2.75) is 44.6 Å². The molecule has 1 aliphatic heterocycles. The molecule has 4 aromatic rings. The van der Waals surface area contributed by atoms with Crippen LogP contribution in [0.2, 0.25) is 0 Å². The summed E-state index contributed by atoms with van der Waals surface area (Å²) in [5.74, 6) is 1.32. The number of hydrogen-bond donors (Lipinski definition) is 3. The highest BCUT2D eigenvalue weighted by Gasteiger charge is 2.20. The van der Waals surface area contributed by atoms with Gasteiger partial charge in [0, 0.05) is 24.5 Å². The maximum Gasteiger partial charge on any atom is 0.326 e. The zero-order chi connectivity index (χ0) is 32.8. The van der Waals surface area contributed by atoms with Gasteiger partial charge in [-0.3, -0.25) is 4.79 Å². The molecule has 0 saturated carbocycles. The molecule has 246 valence electrons. The molecule has 0 spiro atoms. The Morgan fingerprint density at radius 3 is 2.40 bits per heavy atom. The van der Waals surface area contributed by atoms with E-state index in [1.165, 1.54) is 0 Å². The van der Waals surface area contributed by atoms with Crippen molar-refractivity contribution in [3.05, 3.63) is 90.5 Å². The number of carboxylic acid groups (broad SMARTS) is 1. The van der Waals surface area contributed by atoms with Gasteiger partial charge in [0.05, 0.1) is 18.9 Å². The van der Waals surface area contributed by atoms with Gasteiger partial charge in [-0.2, -0.15) is 0 Å².